The predicted octanol–water partition coefficient (Wildman–Crippen LogP) is 4.45. The monoisotopic (exact) mass is 492 g/mol. The molecule has 1 atom stereocenters. The van der Waals surface area contributed by atoms with Gasteiger partial charge in [-0.15, -0.1) is 0 Å². The van der Waals surface area contributed by atoms with Crippen molar-refractivity contribution in [1.29, 1.82) is 0 Å². The van der Waals surface area contributed by atoms with E-state index >= 15 is 0 Å². The van der Waals surface area contributed by atoms with Crippen molar-refractivity contribution in [2.75, 3.05) is 18.1 Å². The SMILES string of the molecule is CC(C)(C)OC(=O)N1CCCCC1C1=NCC(=O)N(NC(=O)OCc2ccccc2)c2ccccc21. The molecule has 2 heterocycles. The third-order valence-corrected chi connectivity index (χ3v) is 5.92. The third-order valence-electron chi connectivity index (χ3n) is 5.92. The highest BCUT2D eigenvalue weighted by Crippen LogP contribution is 2.30. The van der Waals surface area contributed by atoms with Crippen LogP contribution in [0.3, 0.4) is 0 Å². The number of ether oxygens (including phenoxy) is 2. The van der Waals surface area contributed by atoms with E-state index < -0.39 is 23.7 Å². The van der Waals surface area contributed by atoms with Crippen LogP contribution in [-0.2, 0) is 20.9 Å². The molecule has 2 aliphatic rings. The number of likely N-dealkylation sites (tertiary alicyclic amines) is 1. The van der Waals surface area contributed by atoms with E-state index in [1.807, 2.05) is 63.2 Å². The minimum atomic E-state index is -0.751. The Balaban J connectivity index is 1.57. The Morgan fingerprint density at radius 1 is 1.06 bits per heavy atom. The molecule has 1 fully saturated rings. The van der Waals surface area contributed by atoms with Gasteiger partial charge in [0.2, 0.25) is 0 Å². The second-order valence-electron chi connectivity index (χ2n) is 9.81. The summed E-state index contributed by atoms with van der Waals surface area (Å²) < 4.78 is 11.0. The summed E-state index contributed by atoms with van der Waals surface area (Å²) in [5, 5.41) is 1.18. The summed E-state index contributed by atoms with van der Waals surface area (Å²) in [6.07, 6.45) is 1.34. The number of anilines is 1. The molecule has 2 aliphatic heterocycles. The normalized spacial score (nSPS) is 18.0. The molecule has 190 valence electrons. The van der Waals surface area contributed by atoms with Crippen molar-refractivity contribution in [2.24, 2.45) is 4.99 Å². The Bertz CT molecular complexity index is 1140. The number of nitrogens with zero attached hydrogens (tertiary/aromatic N) is 3. The third kappa shape index (κ3) is 6.02. The van der Waals surface area contributed by atoms with Gasteiger partial charge in [0.25, 0.3) is 5.91 Å². The number of carbonyl (C=O) groups is 3. The van der Waals surface area contributed by atoms with Gasteiger partial charge < -0.3 is 9.47 Å². The van der Waals surface area contributed by atoms with Gasteiger partial charge in [0.1, 0.15) is 18.8 Å². The number of benzodiazepines with no additional fused rings is 1. The van der Waals surface area contributed by atoms with Gasteiger partial charge in [-0.1, -0.05) is 48.5 Å². The number of aliphatic imine (C=N–C) groups is 1. The molecular weight excluding hydrogens is 460 g/mol. The molecule has 0 bridgehead atoms. The van der Waals surface area contributed by atoms with Crippen LogP contribution in [0.25, 0.3) is 0 Å². The molecule has 1 unspecified atom stereocenters. The Morgan fingerprint density at radius 3 is 2.53 bits per heavy atom. The molecule has 2 aromatic carbocycles. The van der Waals surface area contributed by atoms with Crippen LogP contribution >= 0.6 is 0 Å². The Kier molecular flexibility index (Phi) is 7.57. The number of hydrogen-bond donors (Lipinski definition) is 1. The topological polar surface area (TPSA) is 101 Å². The van der Waals surface area contributed by atoms with Crippen molar-refractivity contribution in [2.45, 2.75) is 58.3 Å². The highest BCUT2D eigenvalue weighted by atomic mass is 16.6. The smallest absolute Gasteiger partial charge is 0.426 e. The molecule has 0 saturated carbocycles. The first-order valence-electron chi connectivity index (χ1n) is 12.2. The summed E-state index contributed by atoms with van der Waals surface area (Å²) in [5.41, 5.74) is 4.56. The molecule has 0 aromatic heterocycles. The maximum absolute atomic E-state index is 13.1. The average molecular weight is 493 g/mol. The number of para-hydroxylation sites is 1. The van der Waals surface area contributed by atoms with Crippen LogP contribution in [0.2, 0.25) is 0 Å². The molecule has 3 amide bonds. The van der Waals surface area contributed by atoms with E-state index in [9.17, 15) is 14.4 Å². The first-order valence-corrected chi connectivity index (χ1v) is 12.2. The zero-order valence-electron chi connectivity index (χ0n) is 20.9. The molecule has 1 saturated heterocycles. The lowest BCUT2D eigenvalue weighted by molar-refractivity contribution is -0.117. The van der Waals surface area contributed by atoms with Gasteiger partial charge in [0.05, 0.1) is 17.4 Å². The summed E-state index contributed by atoms with van der Waals surface area (Å²) in [4.78, 5) is 45.0. The van der Waals surface area contributed by atoms with Crippen LogP contribution in [0.5, 0.6) is 0 Å². The number of hydrogen-bond acceptors (Lipinski definition) is 6. The molecule has 9 heteroatoms. The van der Waals surface area contributed by atoms with Gasteiger partial charge in [-0.05, 0) is 51.7 Å². The standard InChI is InChI=1S/C27H32N4O5/c1-27(2,3)36-26(34)30-16-10-9-15-22(30)24-20-13-7-8-14-21(20)31(23(32)17-28-24)29-25(33)35-18-19-11-5-4-6-12-19/h4-8,11-14,22H,9-10,15-18H2,1-3H3,(H,29,33). The first-order chi connectivity index (χ1) is 17.2. The number of amides is 3. The van der Waals surface area contributed by atoms with Crippen LogP contribution in [0, 0.1) is 0 Å². The largest absolute Gasteiger partial charge is 0.444 e. The average Bonchev–Trinajstić information content (AvgIpc) is 2.99. The van der Waals surface area contributed by atoms with E-state index in [2.05, 4.69) is 10.4 Å². The van der Waals surface area contributed by atoms with Crippen molar-refractivity contribution in [1.82, 2.24) is 10.3 Å². The maximum Gasteiger partial charge on any atom is 0.426 e. The van der Waals surface area contributed by atoms with Crippen LogP contribution in [-0.4, -0.2) is 53.4 Å². The zero-order chi connectivity index (χ0) is 25.7. The van der Waals surface area contributed by atoms with Crippen LogP contribution in [0.1, 0.15) is 51.2 Å². The number of carbonyl (C=O) groups excluding carboxylic acids is 3. The Morgan fingerprint density at radius 2 is 1.78 bits per heavy atom. The molecule has 9 nitrogen and oxygen atoms in total. The van der Waals surface area contributed by atoms with Gasteiger partial charge in [-0.25, -0.2) is 20.0 Å². The predicted molar refractivity (Wildman–Crippen MR) is 136 cm³/mol. The summed E-state index contributed by atoms with van der Waals surface area (Å²) in [5.74, 6) is -0.409. The van der Waals surface area contributed by atoms with Crippen LogP contribution < -0.4 is 10.4 Å². The lowest BCUT2D eigenvalue weighted by atomic mass is 9.93. The minimum absolute atomic E-state index is 0.0744. The number of fused-ring (bicyclic) bond motifs is 1. The molecule has 1 N–H and O–H groups in total. The Labute approximate surface area is 211 Å². The number of hydrazine groups is 1. The molecule has 4 rings (SSSR count). The molecule has 2 aromatic rings. The van der Waals surface area contributed by atoms with E-state index in [-0.39, 0.29) is 19.2 Å². The fraction of sp³-hybridized carbons (Fsp3) is 0.407. The van der Waals surface area contributed by atoms with Gasteiger partial charge >= 0.3 is 12.2 Å². The van der Waals surface area contributed by atoms with Gasteiger partial charge in [-0.2, -0.15) is 0 Å². The lowest BCUT2D eigenvalue weighted by Crippen LogP contribution is -2.50. The van der Waals surface area contributed by atoms with Gasteiger partial charge in [0, 0.05) is 12.1 Å². The van der Waals surface area contributed by atoms with Gasteiger partial charge in [0.15, 0.2) is 0 Å². The fourth-order valence-corrected chi connectivity index (χ4v) is 4.34. The molecule has 36 heavy (non-hydrogen) atoms. The summed E-state index contributed by atoms with van der Waals surface area (Å²) >= 11 is 0. The van der Waals surface area contributed by atoms with E-state index in [0.29, 0.717) is 29.9 Å². The van der Waals surface area contributed by atoms with E-state index in [0.717, 1.165) is 18.4 Å². The fourth-order valence-electron chi connectivity index (χ4n) is 4.34. The number of nitrogens with one attached hydrogen (secondary N) is 1. The van der Waals surface area contributed by atoms with Crippen molar-refractivity contribution >= 4 is 29.5 Å². The molecular formula is C27H32N4O5. The van der Waals surface area contributed by atoms with Crippen molar-refractivity contribution < 1.29 is 23.9 Å². The van der Waals surface area contributed by atoms with E-state index in [4.69, 9.17) is 9.47 Å². The van der Waals surface area contributed by atoms with Crippen LogP contribution in [0.15, 0.2) is 59.6 Å². The van der Waals surface area contributed by atoms with E-state index in [1.54, 1.807) is 17.0 Å². The quantitative estimate of drug-likeness (QED) is 0.680. The molecule has 0 aliphatic carbocycles. The summed E-state index contributed by atoms with van der Waals surface area (Å²) in [6, 6.07) is 16.2. The van der Waals surface area contributed by atoms with Crippen molar-refractivity contribution in [3.05, 3.63) is 65.7 Å². The zero-order valence-corrected chi connectivity index (χ0v) is 20.9. The second kappa shape index (κ2) is 10.8. The van der Waals surface area contributed by atoms with Gasteiger partial charge in [-0.3, -0.25) is 14.7 Å². The number of benzene rings is 2. The Hall–Kier alpha value is -3.88. The maximum atomic E-state index is 13.1. The first kappa shape index (κ1) is 25.2. The summed E-state index contributed by atoms with van der Waals surface area (Å²) in [6.45, 7) is 5.94. The number of rotatable bonds is 4. The highest BCUT2D eigenvalue weighted by Gasteiger charge is 2.37. The van der Waals surface area contributed by atoms with E-state index in [1.165, 1.54) is 5.01 Å². The lowest BCUT2D eigenvalue weighted by Gasteiger charge is -2.37. The molecule has 0 radical (unpaired) electrons. The van der Waals surface area contributed by atoms with Crippen molar-refractivity contribution in [3.63, 3.8) is 0 Å². The molecule has 0 spiro atoms. The second-order valence-corrected chi connectivity index (χ2v) is 9.81. The van der Waals surface area contributed by atoms with Crippen molar-refractivity contribution in [3.8, 4) is 0 Å². The highest BCUT2D eigenvalue weighted by molar-refractivity contribution is 6.14. The summed E-state index contributed by atoms with van der Waals surface area (Å²) in [7, 11) is 0. The number of piperidine rings is 1. The van der Waals surface area contributed by atoms with Crippen LogP contribution in [0.4, 0.5) is 15.3 Å². The minimum Gasteiger partial charge on any atom is -0.444 e.